The molecule has 0 heterocycles. The second-order valence-corrected chi connectivity index (χ2v) is 10.8. The molecule has 1 N–H and O–H groups in total. The molecule has 0 saturated carbocycles. The molecule has 0 aliphatic carbocycles. The van der Waals surface area contributed by atoms with Crippen LogP contribution in [0.1, 0.15) is 0 Å². The number of para-hydroxylation sites is 1. The summed E-state index contributed by atoms with van der Waals surface area (Å²) in [6.45, 7) is 0. The lowest BCUT2D eigenvalue weighted by molar-refractivity contribution is 0.477. The first-order chi connectivity index (χ1) is 15.8. The minimum atomic E-state index is -1.58. The van der Waals surface area contributed by atoms with Gasteiger partial charge in [-0.25, -0.2) is 0 Å². The standard InChI is InChI=1S/C30H24OSi/c31-30-20-8-7-19-29(30)25-13-9-11-23(21-25)24-12-10-18-28(22-24)32(26-14-3-1-4-15-26)27-16-5-2-6-17-27/h1-22,31-32H. The second kappa shape index (κ2) is 9.09. The summed E-state index contributed by atoms with van der Waals surface area (Å²) in [6, 6.07) is 46.6. The number of aromatic hydroxyl groups is 1. The molecular formula is C30H24OSi. The maximum absolute atomic E-state index is 10.3. The van der Waals surface area contributed by atoms with Crippen molar-refractivity contribution in [3.8, 4) is 28.0 Å². The lowest BCUT2D eigenvalue weighted by atomic mass is 9.98. The molecule has 0 saturated heterocycles. The van der Waals surface area contributed by atoms with Gasteiger partial charge in [0.1, 0.15) is 14.5 Å². The normalized spacial score (nSPS) is 10.9. The van der Waals surface area contributed by atoms with E-state index in [1.807, 2.05) is 24.3 Å². The molecule has 0 aliphatic rings. The molecule has 5 rings (SSSR count). The van der Waals surface area contributed by atoms with Crippen LogP contribution in [-0.2, 0) is 0 Å². The smallest absolute Gasteiger partial charge is 0.132 e. The van der Waals surface area contributed by atoms with Crippen molar-refractivity contribution in [2.24, 2.45) is 0 Å². The van der Waals surface area contributed by atoms with E-state index in [9.17, 15) is 5.11 Å². The first-order valence-corrected chi connectivity index (χ1v) is 12.6. The third kappa shape index (κ3) is 4.14. The van der Waals surface area contributed by atoms with Crippen LogP contribution in [0.5, 0.6) is 5.75 Å². The van der Waals surface area contributed by atoms with Gasteiger partial charge in [0.2, 0.25) is 0 Å². The van der Waals surface area contributed by atoms with Gasteiger partial charge >= 0.3 is 0 Å². The average molecular weight is 429 g/mol. The maximum Gasteiger partial charge on any atom is 0.132 e. The van der Waals surface area contributed by atoms with Crippen LogP contribution < -0.4 is 15.6 Å². The van der Waals surface area contributed by atoms with Crippen molar-refractivity contribution in [2.75, 3.05) is 0 Å². The van der Waals surface area contributed by atoms with Gasteiger partial charge in [-0.05, 0) is 28.8 Å². The predicted molar refractivity (Wildman–Crippen MR) is 138 cm³/mol. The van der Waals surface area contributed by atoms with E-state index in [1.54, 1.807) is 6.07 Å². The summed E-state index contributed by atoms with van der Waals surface area (Å²) in [7, 11) is -1.58. The average Bonchev–Trinajstić information content (AvgIpc) is 2.86. The molecule has 0 atom stereocenters. The fourth-order valence-corrected chi connectivity index (χ4v) is 7.37. The Kier molecular flexibility index (Phi) is 5.69. The van der Waals surface area contributed by atoms with Crippen molar-refractivity contribution < 1.29 is 5.11 Å². The molecule has 0 spiro atoms. The minimum Gasteiger partial charge on any atom is -0.507 e. The van der Waals surface area contributed by atoms with Gasteiger partial charge < -0.3 is 5.11 Å². The number of phenols is 1. The molecule has 0 aromatic heterocycles. The van der Waals surface area contributed by atoms with Gasteiger partial charge in [-0.15, -0.1) is 0 Å². The summed E-state index contributed by atoms with van der Waals surface area (Å²) < 4.78 is 0. The molecule has 154 valence electrons. The Labute approximate surface area is 190 Å². The highest BCUT2D eigenvalue weighted by atomic mass is 28.3. The number of hydrogen-bond donors (Lipinski definition) is 1. The molecular weight excluding hydrogens is 404 g/mol. The van der Waals surface area contributed by atoms with E-state index in [1.165, 1.54) is 21.1 Å². The SMILES string of the molecule is Oc1ccccc1-c1cccc(-c2cccc([SiH](c3ccccc3)c3ccccc3)c2)c1. The summed E-state index contributed by atoms with van der Waals surface area (Å²) in [5, 5.41) is 14.5. The van der Waals surface area contributed by atoms with Crippen LogP contribution in [-0.4, -0.2) is 13.9 Å². The Balaban J connectivity index is 1.59. The highest BCUT2D eigenvalue weighted by Crippen LogP contribution is 2.31. The highest BCUT2D eigenvalue weighted by Gasteiger charge is 2.19. The van der Waals surface area contributed by atoms with Crippen LogP contribution in [0.25, 0.3) is 22.3 Å². The van der Waals surface area contributed by atoms with Gasteiger partial charge in [-0.2, -0.15) is 0 Å². The molecule has 0 bridgehead atoms. The second-order valence-electron chi connectivity index (χ2n) is 7.98. The molecule has 5 aromatic carbocycles. The van der Waals surface area contributed by atoms with Crippen LogP contribution in [0.3, 0.4) is 0 Å². The first kappa shape index (κ1) is 20.0. The van der Waals surface area contributed by atoms with Gasteiger partial charge in [0, 0.05) is 5.56 Å². The Hall–Kier alpha value is -3.88. The van der Waals surface area contributed by atoms with Crippen molar-refractivity contribution >= 4 is 24.4 Å². The van der Waals surface area contributed by atoms with Crippen molar-refractivity contribution in [1.82, 2.24) is 0 Å². The van der Waals surface area contributed by atoms with Crippen molar-refractivity contribution in [3.63, 3.8) is 0 Å². The lowest BCUT2D eigenvalue weighted by Gasteiger charge is -2.18. The monoisotopic (exact) mass is 428 g/mol. The van der Waals surface area contributed by atoms with Crippen LogP contribution in [0.4, 0.5) is 0 Å². The van der Waals surface area contributed by atoms with Gasteiger partial charge in [0.05, 0.1) is 0 Å². The summed E-state index contributed by atoms with van der Waals surface area (Å²) in [5.74, 6) is 0.305. The number of rotatable bonds is 5. The number of hydrogen-bond acceptors (Lipinski definition) is 1. The van der Waals surface area contributed by atoms with Gasteiger partial charge in [-0.3, -0.25) is 0 Å². The van der Waals surface area contributed by atoms with Crippen LogP contribution in [0.2, 0.25) is 0 Å². The van der Waals surface area contributed by atoms with Crippen LogP contribution >= 0.6 is 0 Å². The van der Waals surface area contributed by atoms with Crippen molar-refractivity contribution in [2.45, 2.75) is 0 Å². The van der Waals surface area contributed by atoms with E-state index < -0.39 is 8.80 Å². The molecule has 5 aromatic rings. The zero-order valence-corrected chi connectivity index (χ0v) is 18.9. The van der Waals surface area contributed by atoms with Crippen molar-refractivity contribution in [1.29, 1.82) is 0 Å². The summed E-state index contributed by atoms with van der Waals surface area (Å²) in [4.78, 5) is 0. The number of benzene rings is 5. The lowest BCUT2D eigenvalue weighted by Crippen LogP contribution is -2.51. The van der Waals surface area contributed by atoms with Crippen LogP contribution in [0, 0.1) is 0 Å². The fourth-order valence-electron chi connectivity index (χ4n) is 4.35. The van der Waals surface area contributed by atoms with Gasteiger partial charge in [-0.1, -0.05) is 137 Å². The third-order valence-corrected chi connectivity index (χ3v) is 9.03. The highest BCUT2D eigenvalue weighted by molar-refractivity contribution is 6.95. The first-order valence-electron chi connectivity index (χ1n) is 10.9. The topological polar surface area (TPSA) is 20.2 Å². The summed E-state index contributed by atoms with van der Waals surface area (Å²) >= 11 is 0. The molecule has 0 aliphatic heterocycles. The zero-order valence-electron chi connectivity index (χ0n) is 17.7. The van der Waals surface area contributed by atoms with Gasteiger partial charge in [0.15, 0.2) is 0 Å². The zero-order chi connectivity index (χ0) is 21.8. The predicted octanol–water partition coefficient (Wildman–Crippen LogP) is 4.97. The van der Waals surface area contributed by atoms with Crippen molar-refractivity contribution in [3.05, 3.63) is 133 Å². The molecule has 0 unspecified atom stereocenters. The Morgan fingerprint density at radius 2 is 0.906 bits per heavy atom. The maximum atomic E-state index is 10.3. The summed E-state index contributed by atoms with van der Waals surface area (Å²) in [5.41, 5.74) is 4.22. The molecule has 0 radical (unpaired) electrons. The molecule has 1 nitrogen and oxygen atoms in total. The Bertz CT molecular complexity index is 1290. The van der Waals surface area contributed by atoms with E-state index in [2.05, 4.69) is 103 Å². The number of phenolic OH excluding ortho intramolecular Hbond substituents is 1. The third-order valence-electron chi connectivity index (χ3n) is 5.90. The molecule has 0 amide bonds. The Morgan fingerprint density at radius 1 is 0.406 bits per heavy atom. The molecule has 2 heteroatoms. The van der Waals surface area contributed by atoms with E-state index in [0.29, 0.717) is 5.75 Å². The van der Waals surface area contributed by atoms with E-state index in [0.717, 1.165) is 16.7 Å². The Morgan fingerprint density at radius 3 is 1.56 bits per heavy atom. The molecule has 32 heavy (non-hydrogen) atoms. The fraction of sp³-hybridized carbons (Fsp3) is 0. The van der Waals surface area contributed by atoms with Gasteiger partial charge in [0.25, 0.3) is 0 Å². The van der Waals surface area contributed by atoms with Crippen LogP contribution in [0.15, 0.2) is 133 Å². The minimum absolute atomic E-state index is 0.305. The summed E-state index contributed by atoms with van der Waals surface area (Å²) in [6.07, 6.45) is 0. The quantitative estimate of drug-likeness (QED) is 0.309. The van der Waals surface area contributed by atoms with E-state index in [-0.39, 0.29) is 0 Å². The largest absolute Gasteiger partial charge is 0.507 e. The van der Waals surface area contributed by atoms with E-state index >= 15 is 0 Å². The molecule has 0 fully saturated rings. The van der Waals surface area contributed by atoms with E-state index in [4.69, 9.17) is 0 Å².